The first-order chi connectivity index (χ1) is 12.1. The number of ether oxygens (including phenoxy) is 2. The molecule has 0 aliphatic carbocycles. The molecule has 1 unspecified atom stereocenters. The molecule has 144 valence electrons. The van der Waals surface area contributed by atoms with Crippen LogP contribution in [0.15, 0.2) is 12.2 Å². The molecule has 0 amide bonds. The van der Waals surface area contributed by atoms with Crippen LogP contribution in [0.4, 0.5) is 0 Å². The fraction of sp³-hybridized carbons (Fsp3) is 0.722. The molecule has 0 saturated carbocycles. The van der Waals surface area contributed by atoms with Crippen LogP contribution in [0.5, 0.6) is 0 Å². The molecule has 7 nitrogen and oxygen atoms in total. The van der Waals surface area contributed by atoms with E-state index in [9.17, 15) is 15.1 Å². The van der Waals surface area contributed by atoms with Gasteiger partial charge in [0.2, 0.25) is 0 Å². The van der Waals surface area contributed by atoms with Crippen molar-refractivity contribution in [3.8, 4) is 0 Å². The summed E-state index contributed by atoms with van der Waals surface area (Å²) in [5.41, 5.74) is 7.79. The average Bonchev–Trinajstić information content (AvgIpc) is 2.98. The van der Waals surface area contributed by atoms with Gasteiger partial charge in [-0.1, -0.05) is 26.0 Å². The molecule has 0 spiro atoms. The van der Waals surface area contributed by atoms with Crippen molar-refractivity contribution in [2.75, 3.05) is 6.61 Å². The standard InChI is InChI=1S/C18H28N2O5Si/c1-7-23-17(22)16(20-19)13(21)10-18(25-26(4,5)6)11(2)14-8-9-15(24-14)12(18)3/h8-9,11-12,14-15H,7,10H2,1-6H3/t11-,12+,14+,15-,18?. The molecule has 0 aromatic carbocycles. The predicted molar refractivity (Wildman–Crippen MR) is 98.2 cm³/mol. The normalized spacial score (nSPS) is 32.8. The van der Waals surface area contributed by atoms with Gasteiger partial charge in [-0.2, -0.15) is 4.79 Å². The second kappa shape index (κ2) is 7.56. The van der Waals surface area contributed by atoms with Crippen LogP contribution in [0.1, 0.15) is 27.2 Å². The highest BCUT2D eigenvalue weighted by atomic mass is 28.4. The number of fused-ring (bicyclic) bond motifs is 2. The number of carbonyl (C=O) groups excluding carboxylic acids is 2. The highest BCUT2D eigenvalue weighted by Gasteiger charge is 2.57. The van der Waals surface area contributed by atoms with Gasteiger partial charge in [0.15, 0.2) is 8.32 Å². The highest BCUT2D eigenvalue weighted by molar-refractivity contribution is 6.70. The molecular formula is C18H28N2O5Si. The van der Waals surface area contributed by atoms with Crippen molar-refractivity contribution in [1.82, 2.24) is 0 Å². The molecule has 2 heterocycles. The van der Waals surface area contributed by atoms with Crippen molar-refractivity contribution in [2.45, 2.75) is 64.6 Å². The van der Waals surface area contributed by atoms with Gasteiger partial charge in [0.1, 0.15) is 0 Å². The number of rotatable bonds is 7. The number of Topliss-reactive ketones (excluding diaryl/α,β-unsaturated/α-hetero) is 1. The highest BCUT2D eigenvalue weighted by Crippen LogP contribution is 2.48. The van der Waals surface area contributed by atoms with E-state index in [1.165, 1.54) is 0 Å². The minimum Gasteiger partial charge on any atom is -0.457 e. The van der Waals surface area contributed by atoms with E-state index in [4.69, 9.17) is 13.9 Å². The molecule has 2 aliphatic heterocycles. The molecule has 2 rings (SSSR count). The maximum absolute atomic E-state index is 12.9. The summed E-state index contributed by atoms with van der Waals surface area (Å²) < 4.78 is 17.4. The van der Waals surface area contributed by atoms with E-state index in [2.05, 4.69) is 24.4 Å². The molecule has 8 heteroatoms. The number of hydrogen-bond acceptors (Lipinski definition) is 5. The Kier molecular flexibility index (Phi) is 6.02. The summed E-state index contributed by atoms with van der Waals surface area (Å²) in [5, 5.41) is 0. The van der Waals surface area contributed by atoms with Crippen molar-refractivity contribution in [2.24, 2.45) is 11.8 Å². The summed E-state index contributed by atoms with van der Waals surface area (Å²) in [7, 11) is -2.04. The number of ketones is 1. The van der Waals surface area contributed by atoms with Gasteiger partial charge in [0, 0.05) is 18.3 Å². The molecule has 2 bridgehead atoms. The Morgan fingerprint density at radius 1 is 1.19 bits per heavy atom. The van der Waals surface area contributed by atoms with Crippen LogP contribution in [-0.2, 0) is 23.5 Å². The maximum Gasteiger partial charge on any atom is 0.441 e. The molecule has 0 N–H and O–H groups in total. The van der Waals surface area contributed by atoms with E-state index in [1.54, 1.807) is 6.92 Å². The van der Waals surface area contributed by atoms with Gasteiger partial charge in [-0.15, -0.1) is 0 Å². The fourth-order valence-electron chi connectivity index (χ4n) is 3.89. The minimum atomic E-state index is -2.04. The van der Waals surface area contributed by atoms with Crippen LogP contribution in [0, 0.1) is 11.8 Å². The lowest BCUT2D eigenvalue weighted by molar-refractivity contribution is -0.176. The van der Waals surface area contributed by atoms with Gasteiger partial charge in [0.25, 0.3) is 5.78 Å². The third-order valence-electron chi connectivity index (χ3n) is 5.10. The second-order valence-corrected chi connectivity index (χ2v) is 12.4. The molecule has 2 aliphatic rings. The molecule has 1 saturated heterocycles. The zero-order chi connectivity index (χ0) is 19.7. The largest absolute Gasteiger partial charge is 0.457 e. The topological polar surface area (TPSA) is 98.2 Å². The smallest absolute Gasteiger partial charge is 0.441 e. The Balaban J connectivity index is 2.39. The van der Waals surface area contributed by atoms with Crippen molar-refractivity contribution >= 4 is 25.8 Å². The average molecular weight is 381 g/mol. The van der Waals surface area contributed by atoms with Crippen LogP contribution >= 0.6 is 0 Å². The summed E-state index contributed by atoms with van der Waals surface area (Å²) in [6, 6.07) is 0. The first-order valence-corrected chi connectivity index (χ1v) is 12.4. The summed E-state index contributed by atoms with van der Waals surface area (Å²) in [6.45, 7) is 11.9. The Morgan fingerprint density at radius 3 is 2.15 bits per heavy atom. The molecule has 26 heavy (non-hydrogen) atoms. The van der Waals surface area contributed by atoms with Crippen LogP contribution < -0.4 is 0 Å². The van der Waals surface area contributed by atoms with Crippen molar-refractivity contribution in [3.63, 3.8) is 0 Å². The SMILES string of the molecule is CCOC(=O)C(=[N+]=[N-])C(=O)CC1(O[Si](C)(C)C)[C@H](C)[C@@H]2C=C[C@@H](O2)[C@@H]1C. The van der Waals surface area contributed by atoms with Gasteiger partial charge in [-0.25, -0.2) is 4.79 Å². The van der Waals surface area contributed by atoms with Crippen molar-refractivity contribution < 1.29 is 28.3 Å². The number of carbonyl (C=O) groups is 2. The third-order valence-corrected chi connectivity index (χ3v) is 6.09. The van der Waals surface area contributed by atoms with E-state index in [-0.39, 0.29) is 37.1 Å². The minimum absolute atomic E-state index is 0.0597. The second-order valence-electron chi connectivity index (χ2n) is 7.97. The zero-order valence-electron chi connectivity index (χ0n) is 16.3. The molecule has 5 atom stereocenters. The lowest BCUT2D eigenvalue weighted by atomic mass is 9.70. The van der Waals surface area contributed by atoms with Gasteiger partial charge in [0.05, 0.1) is 24.4 Å². The van der Waals surface area contributed by atoms with E-state index in [1.807, 2.05) is 26.0 Å². The third kappa shape index (κ3) is 3.88. The Labute approximate surface area is 155 Å². The Morgan fingerprint density at radius 2 is 1.73 bits per heavy atom. The van der Waals surface area contributed by atoms with Crippen LogP contribution in [-0.4, -0.2) is 55.0 Å². The summed E-state index contributed by atoms with van der Waals surface area (Å²) in [4.78, 5) is 27.7. The van der Waals surface area contributed by atoms with Crippen LogP contribution in [0.2, 0.25) is 19.6 Å². The van der Waals surface area contributed by atoms with Crippen molar-refractivity contribution in [1.29, 1.82) is 0 Å². The van der Waals surface area contributed by atoms with Crippen LogP contribution in [0.3, 0.4) is 0 Å². The Bertz CT molecular complexity index is 645. The van der Waals surface area contributed by atoms with E-state index < -0.39 is 31.4 Å². The molecule has 0 aromatic heterocycles. The fourth-order valence-corrected chi connectivity index (χ4v) is 5.47. The van der Waals surface area contributed by atoms with Crippen LogP contribution in [0.25, 0.3) is 5.53 Å². The zero-order valence-corrected chi connectivity index (χ0v) is 17.3. The maximum atomic E-state index is 12.9. The predicted octanol–water partition coefficient (Wildman–Crippen LogP) is 2.38. The lowest BCUT2D eigenvalue weighted by Gasteiger charge is -2.52. The van der Waals surface area contributed by atoms with Gasteiger partial charge in [-0.05, 0) is 26.6 Å². The van der Waals surface area contributed by atoms with Gasteiger partial charge in [-0.3, -0.25) is 4.79 Å². The summed E-state index contributed by atoms with van der Waals surface area (Å²) in [6.07, 6.45) is 3.68. The van der Waals surface area contributed by atoms with Gasteiger partial charge < -0.3 is 19.4 Å². The van der Waals surface area contributed by atoms with Gasteiger partial charge >= 0.3 is 11.7 Å². The Hall–Kier alpha value is -1.60. The lowest BCUT2D eigenvalue weighted by Crippen LogP contribution is -2.61. The molecule has 0 aromatic rings. The number of nitrogens with zero attached hydrogens (tertiary/aromatic N) is 2. The summed E-state index contributed by atoms with van der Waals surface area (Å²) in [5.74, 6) is -1.68. The monoisotopic (exact) mass is 380 g/mol. The van der Waals surface area contributed by atoms with E-state index in [0.717, 1.165) is 0 Å². The first-order valence-electron chi connectivity index (χ1n) is 9.02. The molecular weight excluding hydrogens is 352 g/mol. The van der Waals surface area contributed by atoms with Crippen molar-refractivity contribution in [3.05, 3.63) is 17.7 Å². The first kappa shape index (κ1) is 20.7. The quantitative estimate of drug-likeness (QED) is 0.128. The number of hydrogen-bond donors (Lipinski definition) is 0. The molecule has 1 fully saturated rings. The van der Waals surface area contributed by atoms with E-state index in [0.29, 0.717) is 0 Å². The number of esters is 1. The molecule has 0 radical (unpaired) electrons. The van der Waals surface area contributed by atoms with E-state index >= 15 is 0 Å². The summed E-state index contributed by atoms with van der Waals surface area (Å²) >= 11 is 0.